The minimum Gasteiger partial charge on any atom is -0.392 e. The molecule has 2 N–H and O–H groups in total. The molecule has 0 bridgehead atoms. The lowest BCUT2D eigenvalue weighted by Crippen LogP contribution is -2.48. The fourth-order valence-electron chi connectivity index (χ4n) is 3.51. The Kier molecular flexibility index (Phi) is 4.49. The van der Waals surface area contributed by atoms with Crippen molar-refractivity contribution in [1.29, 1.82) is 0 Å². The van der Waals surface area contributed by atoms with Crippen LogP contribution in [0.15, 0.2) is 29.2 Å². The maximum absolute atomic E-state index is 13.7. The van der Waals surface area contributed by atoms with E-state index < -0.39 is 15.8 Å². The Hall–Kier alpha value is -1.02. The highest BCUT2D eigenvalue weighted by atomic mass is 32.2. The van der Waals surface area contributed by atoms with Crippen LogP contribution in [0.1, 0.15) is 25.7 Å². The van der Waals surface area contributed by atoms with Gasteiger partial charge in [-0.2, -0.15) is 0 Å². The molecule has 1 heterocycles. The maximum atomic E-state index is 13.7. The van der Waals surface area contributed by atoms with Crippen molar-refractivity contribution in [2.45, 2.75) is 48.8 Å². The van der Waals surface area contributed by atoms with Crippen LogP contribution in [-0.4, -0.2) is 49.7 Å². The number of β-amino-alcohol motifs (C(OH)–C–C–N with tert-alkyl or cyclic N) is 1. The van der Waals surface area contributed by atoms with Crippen molar-refractivity contribution >= 4 is 10.0 Å². The molecular weight excluding hydrogens is 307 g/mol. The van der Waals surface area contributed by atoms with Crippen LogP contribution in [0.2, 0.25) is 0 Å². The molecule has 2 fully saturated rings. The minimum absolute atomic E-state index is 0.0821. The molecule has 0 amide bonds. The van der Waals surface area contributed by atoms with Gasteiger partial charge in [0.05, 0.1) is 6.10 Å². The molecule has 22 heavy (non-hydrogen) atoms. The number of aliphatic hydroxyl groups excluding tert-OH is 1. The maximum Gasteiger partial charge on any atom is 0.243 e. The molecule has 1 aromatic rings. The Bertz CT molecular complexity index is 637. The van der Waals surface area contributed by atoms with E-state index in [1.807, 2.05) is 0 Å². The van der Waals surface area contributed by atoms with E-state index in [0.29, 0.717) is 6.54 Å². The first kappa shape index (κ1) is 15.9. The first-order chi connectivity index (χ1) is 10.5. The molecule has 0 radical (unpaired) electrons. The molecule has 7 heteroatoms. The van der Waals surface area contributed by atoms with Crippen molar-refractivity contribution in [2.24, 2.45) is 0 Å². The van der Waals surface area contributed by atoms with Gasteiger partial charge in [0.15, 0.2) is 0 Å². The average molecular weight is 328 g/mol. The molecule has 2 aliphatic rings. The quantitative estimate of drug-likeness (QED) is 0.868. The van der Waals surface area contributed by atoms with Gasteiger partial charge >= 0.3 is 0 Å². The minimum atomic E-state index is -3.86. The molecule has 1 saturated heterocycles. The van der Waals surface area contributed by atoms with Crippen LogP contribution >= 0.6 is 0 Å². The summed E-state index contributed by atoms with van der Waals surface area (Å²) in [5.74, 6) is -0.735. The zero-order valence-electron chi connectivity index (χ0n) is 12.3. The van der Waals surface area contributed by atoms with Crippen molar-refractivity contribution < 1.29 is 17.9 Å². The Balaban J connectivity index is 1.75. The van der Waals surface area contributed by atoms with Crippen LogP contribution < -0.4 is 4.72 Å². The second-order valence-corrected chi connectivity index (χ2v) is 7.78. The van der Waals surface area contributed by atoms with Gasteiger partial charge in [-0.05, 0) is 31.4 Å². The molecule has 122 valence electrons. The Labute approximate surface area is 130 Å². The standard InChI is InChI=1S/C15H21FN2O3S/c16-12-4-1-2-7-15(12)22(20,21)17-13-5-3-6-14(13)18-9-8-11(19)10-18/h1-2,4,7,11,13-14,17,19H,3,5-6,8-10H2/t11?,13-,14+/m1/s1. The molecule has 1 saturated carbocycles. The second-order valence-electron chi connectivity index (χ2n) is 6.09. The van der Waals surface area contributed by atoms with E-state index in [0.717, 1.165) is 38.3 Å². The molecule has 0 spiro atoms. The SMILES string of the molecule is O=S(=O)(N[C@@H]1CCC[C@@H]1N1CCC(O)C1)c1ccccc1F. The van der Waals surface area contributed by atoms with Gasteiger partial charge in [-0.1, -0.05) is 18.6 Å². The lowest BCUT2D eigenvalue weighted by atomic mass is 10.1. The predicted octanol–water partition coefficient (Wildman–Crippen LogP) is 1.09. The highest BCUT2D eigenvalue weighted by Crippen LogP contribution is 2.28. The monoisotopic (exact) mass is 328 g/mol. The van der Waals surface area contributed by atoms with Crippen LogP contribution in [-0.2, 0) is 10.0 Å². The number of nitrogens with zero attached hydrogens (tertiary/aromatic N) is 1. The summed E-state index contributed by atoms with van der Waals surface area (Å²) in [4.78, 5) is 1.84. The first-order valence-corrected chi connectivity index (χ1v) is 9.14. The van der Waals surface area contributed by atoms with E-state index in [4.69, 9.17) is 0 Å². The largest absolute Gasteiger partial charge is 0.392 e. The van der Waals surface area contributed by atoms with Gasteiger partial charge in [0.2, 0.25) is 10.0 Å². The fourth-order valence-corrected chi connectivity index (χ4v) is 4.89. The number of rotatable bonds is 4. The molecule has 1 unspecified atom stereocenters. The number of likely N-dealkylation sites (tertiary alicyclic amines) is 1. The molecule has 0 aromatic heterocycles. The first-order valence-electron chi connectivity index (χ1n) is 7.66. The highest BCUT2D eigenvalue weighted by molar-refractivity contribution is 7.89. The Morgan fingerprint density at radius 1 is 1.23 bits per heavy atom. The van der Waals surface area contributed by atoms with E-state index in [2.05, 4.69) is 9.62 Å². The van der Waals surface area contributed by atoms with Gasteiger partial charge in [0, 0.05) is 25.2 Å². The van der Waals surface area contributed by atoms with Crippen molar-refractivity contribution in [3.63, 3.8) is 0 Å². The summed E-state index contributed by atoms with van der Waals surface area (Å²) >= 11 is 0. The number of nitrogens with one attached hydrogen (secondary N) is 1. The zero-order chi connectivity index (χ0) is 15.7. The summed E-state index contributed by atoms with van der Waals surface area (Å²) in [6.07, 6.45) is 2.97. The lowest BCUT2D eigenvalue weighted by Gasteiger charge is -2.29. The van der Waals surface area contributed by atoms with Gasteiger partial charge in [-0.3, -0.25) is 4.90 Å². The Morgan fingerprint density at radius 2 is 2.00 bits per heavy atom. The van der Waals surface area contributed by atoms with Gasteiger partial charge < -0.3 is 5.11 Å². The van der Waals surface area contributed by atoms with Crippen molar-refractivity contribution in [2.75, 3.05) is 13.1 Å². The third-order valence-corrected chi connectivity index (χ3v) is 6.10. The van der Waals surface area contributed by atoms with E-state index in [1.54, 1.807) is 0 Å². The molecule has 1 aliphatic heterocycles. The Morgan fingerprint density at radius 3 is 2.68 bits per heavy atom. The van der Waals surface area contributed by atoms with E-state index in [-0.39, 0.29) is 23.1 Å². The summed E-state index contributed by atoms with van der Waals surface area (Å²) in [7, 11) is -3.86. The fraction of sp³-hybridized carbons (Fsp3) is 0.600. The molecule has 3 atom stereocenters. The summed E-state index contributed by atoms with van der Waals surface area (Å²) < 4.78 is 41.2. The van der Waals surface area contributed by atoms with Crippen molar-refractivity contribution in [3.8, 4) is 0 Å². The van der Waals surface area contributed by atoms with E-state index in [1.165, 1.54) is 18.2 Å². The number of hydrogen-bond acceptors (Lipinski definition) is 4. The summed E-state index contributed by atoms with van der Waals surface area (Å²) in [5, 5.41) is 9.66. The van der Waals surface area contributed by atoms with Crippen LogP contribution in [0.5, 0.6) is 0 Å². The van der Waals surface area contributed by atoms with Gasteiger partial charge in [-0.15, -0.1) is 0 Å². The molecule has 1 aliphatic carbocycles. The normalized spacial score (nSPS) is 30.0. The van der Waals surface area contributed by atoms with E-state index in [9.17, 15) is 17.9 Å². The average Bonchev–Trinajstić information content (AvgIpc) is 3.07. The summed E-state index contributed by atoms with van der Waals surface area (Å²) in [6, 6.07) is 5.27. The van der Waals surface area contributed by atoms with Crippen molar-refractivity contribution in [1.82, 2.24) is 9.62 Å². The summed E-state index contributed by atoms with van der Waals surface area (Å²) in [6.45, 7) is 1.37. The van der Waals surface area contributed by atoms with Gasteiger partial charge in [0.25, 0.3) is 0 Å². The number of sulfonamides is 1. The van der Waals surface area contributed by atoms with Crippen LogP contribution in [0.25, 0.3) is 0 Å². The molecule has 3 rings (SSSR count). The highest BCUT2D eigenvalue weighted by Gasteiger charge is 2.38. The van der Waals surface area contributed by atoms with Gasteiger partial charge in [-0.25, -0.2) is 17.5 Å². The smallest absolute Gasteiger partial charge is 0.243 e. The number of aliphatic hydroxyl groups is 1. The molecule has 1 aromatic carbocycles. The number of hydrogen-bond donors (Lipinski definition) is 2. The third-order valence-electron chi connectivity index (χ3n) is 4.58. The number of halogens is 1. The lowest BCUT2D eigenvalue weighted by molar-refractivity contribution is 0.153. The van der Waals surface area contributed by atoms with Crippen LogP contribution in [0, 0.1) is 5.82 Å². The second kappa shape index (κ2) is 6.23. The van der Waals surface area contributed by atoms with Gasteiger partial charge in [0.1, 0.15) is 10.7 Å². The topological polar surface area (TPSA) is 69.6 Å². The zero-order valence-corrected chi connectivity index (χ0v) is 13.1. The molecular formula is C15H21FN2O3S. The third kappa shape index (κ3) is 3.17. The molecule has 5 nitrogen and oxygen atoms in total. The van der Waals surface area contributed by atoms with Crippen LogP contribution in [0.4, 0.5) is 4.39 Å². The summed E-state index contributed by atoms with van der Waals surface area (Å²) in [5.41, 5.74) is 0. The van der Waals surface area contributed by atoms with Crippen LogP contribution in [0.3, 0.4) is 0 Å². The van der Waals surface area contributed by atoms with Crippen molar-refractivity contribution in [3.05, 3.63) is 30.1 Å². The predicted molar refractivity (Wildman–Crippen MR) is 80.3 cm³/mol. The number of benzene rings is 1. The van der Waals surface area contributed by atoms with E-state index >= 15 is 0 Å².